The van der Waals surface area contributed by atoms with E-state index in [4.69, 9.17) is 0 Å². The number of aromatic nitrogens is 1. The fourth-order valence-corrected chi connectivity index (χ4v) is 5.14. The van der Waals surface area contributed by atoms with E-state index in [1.165, 1.54) is 28.0 Å². The predicted molar refractivity (Wildman–Crippen MR) is 138 cm³/mol. The van der Waals surface area contributed by atoms with Crippen molar-refractivity contribution in [2.75, 3.05) is 19.6 Å². The van der Waals surface area contributed by atoms with E-state index in [1.807, 2.05) is 26.0 Å². The lowest BCUT2D eigenvalue weighted by Gasteiger charge is -2.33. The number of halogens is 3. The van der Waals surface area contributed by atoms with Crippen molar-refractivity contribution in [3.63, 3.8) is 0 Å². The zero-order valence-electron chi connectivity index (χ0n) is 22.1. The molecule has 0 saturated carbocycles. The summed E-state index contributed by atoms with van der Waals surface area (Å²) >= 11 is 0. The SMILES string of the molecule is CCN1C(=O)N[C@@H](c2ccccc2C(F)(F)F)C2=C1CN([C@@H](CC(C)C)C(=O)NCCc1ccccn1)C2=O. The molecule has 0 radical (unpaired) electrons. The quantitative estimate of drug-likeness (QED) is 0.499. The van der Waals surface area contributed by atoms with Crippen molar-refractivity contribution in [2.24, 2.45) is 5.92 Å². The number of hydrogen-bond acceptors (Lipinski definition) is 4. The highest BCUT2D eigenvalue weighted by Crippen LogP contribution is 2.42. The van der Waals surface area contributed by atoms with E-state index in [-0.39, 0.29) is 36.1 Å². The molecule has 0 fully saturated rings. The zero-order chi connectivity index (χ0) is 28.3. The largest absolute Gasteiger partial charge is 0.416 e. The van der Waals surface area contributed by atoms with Gasteiger partial charge in [-0.15, -0.1) is 0 Å². The molecule has 3 heterocycles. The number of nitrogens with one attached hydrogen (secondary N) is 2. The topological polar surface area (TPSA) is 94.6 Å². The fraction of sp³-hybridized carbons (Fsp3) is 0.429. The Morgan fingerprint density at radius 2 is 1.87 bits per heavy atom. The third-order valence-electron chi connectivity index (χ3n) is 6.92. The van der Waals surface area contributed by atoms with Gasteiger partial charge >= 0.3 is 12.2 Å². The van der Waals surface area contributed by atoms with Crippen molar-refractivity contribution < 1.29 is 27.6 Å². The van der Waals surface area contributed by atoms with Crippen LogP contribution in [0.1, 0.15) is 50.1 Å². The monoisotopic (exact) mass is 543 g/mol. The number of hydrogen-bond donors (Lipinski definition) is 2. The highest BCUT2D eigenvalue weighted by Gasteiger charge is 2.48. The fourth-order valence-electron chi connectivity index (χ4n) is 5.14. The molecule has 39 heavy (non-hydrogen) atoms. The van der Waals surface area contributed by atoms with Crippen molar-refractivity contribution in [1.29, 1.82) is 0 Å². The average Bonchev–Trinajstić information content (AvgIpc) is 3.23. The predicted octanol–water partition coefficient (Wildman–Crippen LogP) is 4.06. The minimum Gasteiger partial charge on any atom is -0.354 e. The Morgan fingerprint density at radius 3 is 2.51 bits per heavy atom. The zero-order valence-corrected chi connectivity index (χ0v) is 22.1. The van der Waals surface area contributed by atoms with Gasteiger partial charge in [-0.3, -0.25) is 19.5 Å². The minimum absolute atomic E-state index is 0.0470. The van der Waals surface area contributed by atoms with Crippen molar-refractivity contribution in [1.82, 2.24) is 25.4 Å². The molecule has 11 heteroatoms. The molecule has 0 spiro atoms. The third kappa shape index (κ3) is 5.91. The number of rotatable bonds is 9. The van der Waals surface area contributed by atoms with Gasteiger partial charge < -0.3 is 15.5 Å². The summed E-state index contributed by atoms with van der Waals surface area (Å²) < 4.78 is 41.7. The molecule has 208 valence electrons. The molecule has 1 aromatic carbocycles. The van der Waals surface area contributed by atoms with Gasteiger partial charge in [-0.1, -0.05) is 38.1 Å². The molecule has 4 amide bonds. The average molecular weight is 544 g/mol. The Kier molecular flexibility index (Phi) is 8.27. The molecule has 2 aromatic rings. The summed E-state index contributed by atoms with van der Waals surface area (Å²) in [5, 5.41) is 5.49. The molecule has 1 aromatic heterocycles. The molecule has 2 aliphatic heterocycles. The summed E-state index contributed by atoms with van der Waals surface area (Å²) in [4.78, 5) is 47.2. The van der Waals surface area contributed by atoms with Gasteiger partial charge in [0, 0.05) is 31.4 Å². The van der Waals surface area contributed by atoms with E-state index in [0.29, 0.717) is 25.1 Å². The number of carbonyl (C=O) groups excluding carboxylic acids is 3. The summed E-state index contributed by atoms with van der Waals surface area (Å²) in [6.07, 6.45) is -2.17. The lowest BCUT2D eigenvalue weighted by molar-refractivity contribution is -0.139. The van der Waals surface area contributed by atoms with Crippen LogP contribution in [0.5, 0.6) is 0 Å². The Hall–Kier alpha value is -3.89. The van der Waals surface area contributed by atoms with Gasteiger partial charge in [-0.2, -0.15) is 13.2 Å². The highest BCUT2D eigenvalue weighted by molar-refractivity contribution is 6.03. The summed E-state index contributed by atoms with van der Waals surface area (Å²) in [7, 11) is 0. The number of carbonyl (C=O) groups is 3. The molecule has 0 unspecified atom stereocenters. The number of likely N-dealkylation sites (N-methyl/N-ethyl adjacent to an activating group) is 1. The van der Waals surface area contributed by atoms with Crippen molar-refractivity contribution in [2.45, 2.75) is 51.9 Å². The van der Waals surface area contributed by atoms with Crippen LogP contribution in [0.15, 0.2) is 59.9 Å². The number of benzene rings is 1. The smallest absolute Gasteiger partial charge is 0.354 e. The van der Waals surface area contributed by atoms with Gasteiger partial charge in [0.25, 0.3) is 5.91 Å². The van der Waals surface area contributed by atoms with Gasteiger partial charge in [0.2, 0.25) is 5.91 Å². The molecule has 2 aliphatic rings. The van der Waals surface area contributed by atoms with Crippen LogP contribution in [0.2, 0.25) is 0 Å². The maximum Gasteiger partial charge on any atom is 0.416 e. The standard InChI is InChI=1S/C28H32F3N5O3/c1-4-35-22-16-36(21(15-17(2)3)25(37)33-14-12-18-9-7-8-13-32-18)26(38)23(22)24(34-27(35)39)19-10-5-6-11-20(19)28(29,30)31/h5-11,13,17,21,24H,4,12,14-16H2,1-3H3,(H,33,37)(H,34,39)/t21-,24-/m0/s1. The Labute approximate surface area is 225 Å². The molecular weight excluding hydrogens is 511 g/mol. The maximum absolute atomic E-state index is 13.9. The van der Waals surface area contributed by atoms with Gasteiger partial charge in [-0.05, 0) is 43.0 Å². The van der Waals surface area contributed by atoms with Gasteiger partial charge in [0.05, 0.1) is 29.4 Å². The molecule has 4 rings (SSSR count). The second-order valence-electron chi connectivity index (χ2n) is 10.0. The van der Waals surface area contributed by atoms with Gasteiger partial charge in [0.15, 0.2) is 0 Å². The lowest BCUT2D eigenvalue weighted by atomic mass is 9.91. The summed E-state index contributed by atoms with van der Waals surface area (Å²) in [6.45, 7) is 6.04. The maximum atomic E-state index is 13.9. The second-order valence-corrected chi connectivity index (χ2v) is 10.0. The van der Waals surface area contributed by atoms with Gasteiger partial charge in [0.1, 0.15) is 6.04 Å². The van der Waals surface area contributed by atoms with E-state index in [1.54, 1.807) is 19.2 Å². The summed E-state index contributed by atoms with van der Waals surface area (Å²) in [5.74, 6) is -0.871. The van der Waals surface area contributed by atoms with E-state index < -0.39 is 35.8 Å². The first kappa shape index (κ1) is 28.1. The molecule has 0 saturated heterocycles. The first-order valence-corrected chi connectivity index (χ1v) is 13.0. The van der Waals surface area contributed by atoms with Crippen LogP contribution < -0.4 is 10.6 Å². The van der Waals surface area contributed by atoms with E-state index >= 15 is 0 Å². The van der Waals surface area contributed by atoms with Crippen LogP contribution in [-0.4, -0.2) is 58.3 Å². The normalized spacial score (nSPS) is 18.4. The molecule has 2 atom stereocenters. The lowest BCUT2D eigenvalue weighted by Crippen LogP contribution is -2.49. The minimum atomic E-state index is -4.68. The van der Waals surface area contributed by atoms with E-state index in [0.717, 1.165) is 11.8 Å². The molecular formula is C28H32F3N5O3. The highest BCUT2D eigenvalue weighted by atomic mass is 19.4. The third-order valence-corrected chi connectivity index (χ3v) is 6.92. The van der Waals surface area contributed by atoms with Gasteiger partial charge in [-0.25, -0.2) is 4.79 Å². The van der Waals surface area contributed by atoms with Crippen LogP contribution in [0, 0.1) is 5.92 Å². The first-order chi connectivity index (χ1) is 18.5. The number of amides is 4. The van der Waals surface area contributed by atoms with E-state index in [9.17, 15) is 27.6 Å². The van der Waals surface area contributed by atoms with Crippen molar-refractivity contribution in [3.8, 4) is 0 Å². The Balaban J connectivity index is 1.64. The summed E-state index contributed by atoms with van der Waals surface area (Å²) in [6, 6.07) is 7.67. The molecule has 0 aliphatic carbocycles. The molecule has 0 bridgehead atoms. The van der Waals surface area contributed by atoms with Crippen molar-refractivity contribution >= 4 is 17.8 Å². The number of alkyl halides is 3. The Morgan fingerprint density at radius 1 is 1.15 bits per heavy atom. The molecule has 8 nitrogen and oxygen atoms in total. The first-order valence-electron chi connectivity index (χ1n) is 13.0. The summed E-state index contributed by atoms with van der Waals surface area (Å²) in [5.41, 5.74) is 0.0507. The van der Waals surface area contributed by atoms with E-state index in [2.05, 4.69) is 15.6 Å². The number of urea groups is 1. The molecule has 2 N–H and O–H groups in total. The van der Waals surface area contributed by atoms with Crippen LogP contribution in [0.25, 0.3) is 0 Å². The number of pyridine rings is 1. The van der Waals surface area contributed by atoms with Crippen LogP contribution in [-0.2, 0) is 22.2 Å². The number of nitrogens with zero attached hydrogens (tertiary/aromatic N) is 3. The second kappa shape index (κ2) is 11.5. The van der Waals surface area contributed by atoms with Crippen LogP contribution in [0.3, 0.4) is 0 Å². The van der Waals surface area contributed by atoms with Crippen molar-refractivity contribution in [3.05, 3.63) is 76.8 Å². The van der Waals surface area contributed by atoms with Crippen LogP contribution in [0.4, 0.5) is 18.0 Å². The van der Waals surface area contributed by atoms with Crippen LogP contribution >= 0.6 is 0 Å². The Bertz CT molecular complexity index is 1260.